The van der Waals surface area contributed by atoms with Gasteiger partial charge in [0.05, 0.1) is 22.5 Å². The van der Waals surface area contributed by atoms with Crippen molar-refractivity contribution in [3.05, 3.63) is 88.6 Å². The summed E-state index contributed by atoms with van der Waals surface area (Å²) < 4.78 is 72.8. The molecule has 0 bridgehead atoms. The Morgan fingerprint density at radius 2 is 1.63 bits per heavy atom. The number of pyridine rings is 1. The Morgan fingerprint density at radius 3 is 2.23 bits per heavy atom. The molecule has 1 atom stereocenters. The Bertz CT molecular complexity index is 1220. The monoisotopic (exact) mass is 513 g/mol. The van der Waals surface area contributed by atoms with Gasteiger partial charge in [0, 0.05) is 5.56 Å². The van der Waals surface area contributed by atoms with E-state index in [1.54, 1.807) is 12.1 Å². The van der Waals surface area contributed by atoms with E-state index in [1.165, 1.54) is 43.3 Å². The number of carbonyl (C=O) groups is 2. The second-order valence-electron chi connectivity index (χ2n) is 7.26. The van der Waals surface area contributed by atoms with Gasteiger partial charge in [-0.05, 0) is 30.7 Å². The van der Waals surface area contributed by atoms with E-state index in [-0.39, 0.29) is 21.8 Å². The Morgan fingerprint density at radius 1 is 1.00 bits per heavy atom. The van der Waals surface area contributed by atoms with E-state index in [1.807, 2.05) is 0 Å². The van der Waals surface area contributed by atoms with Crippen molar-refractivity contribution < 1.29 is 36.3 Å². The summed E-state index contributed by atoms with van der Waals surface area (Å²) in [6, 6.07) is 12.5. The first-order chi connectivity index (χ1) is 16.4. The third kappa shape index (κ3) is 6.04. The van der Waals surface area contributed by atoms with Gasteiger partial charge in [-0.3, -0.25) is 10.1 Å². The second kappa shape index (κ2) is 10.3. The Hall–Kier alpha value is -3.73. The van der Waals surface area contributed by atoms with Crippen LogP contribution >= 0.6 is 11.6 Å². The van der Waals surface area contributed by atoms with Crippen LogP contribution in [0, 0.1) is 6.92 Å². The molecule has 3 rings (SSSR count). The van der Waals surface area contributed by atoms with Crippen molar-refractivity contribution in [1.82, 2.24) is 10.3 Å². The van der Waals surface area contributed by atoms with Crippen LogP contribution in [-0.4, -0.2) is 29.0 Å². The number of ether oxygens (including phenoxy) is 1. The summed E-state index contributed by atoms with van der Waals surface area (Å²) in [6.07, 6.45) is -7.60. The van der Waals surface area contributed by atoms with Crippen LogP contribution in [0.1, 0.15) is 27.6 Å². The molecule has 2 aromatic carbocycles. The number of alkyl halides is 5. The maximum absolute atomic E-state index is 14.3. The summed E-state index contributed by atoms with van der Waals surface area (Å²) in [4.78, 5) is 28.1. The number of halogens is 6. The number of benzene rings is 2. The van der Waals surface area contributed by atoms with E-state index < -0.39 is 41.6 Å². The van der Waals surface area contributed by atoms with Crippen molar-refractivity contribution in [2.75, 3.05) is 5.32 Å². The van der Waals surface area contributed by atoms with Gasteiger partial charge in [-0.25, -0.2) is 9.78 Å². The zero-order valence-corrected chi connectivity index (χ0v) is 18.6. The molecule has 3 amide bonds. The number of rotatable bonds is 6. The fraction of sp³-hybridized carbons (Fsp3) is 0.174. The van der Waals surface area contributed by atoms with Crippen LogP contribution in [0.15, 0.2) is 66.9 Å². The number of nitrogens with one attached hydrogen (secondary N) is 2. The minimum Gasteiger partial charge on any atom is -0.462 e. The van der Waals surface area contributed by atoms with Crippen LogP contribution in [0.5, 0.6) is 5.88 Å². The molecule has 0 saturated carbocycles. The highest BCUT2D eigenvalue weighted by Gasteiger charge is 2.64. The highest BCUT2D eigenvalue weighted by atomic mass is 35.5. The first-order valence-corrected chi connectivity index (χ1v) is 10.3. The SMILES string of the molecule is Cc1cc(NC(=O)NC(=O)c2ccccc2Cl)cnc1OC(c1ccccc1)C(F)(F)C(F)(F)F. The molecule has 184 valence electrons. The number of hydrogen-bond donors (Lipinski definition) is 2. The zero-order valence-electron chi connectivity index (χ0n) is 17.9. The van der Waals surface area contributed by atoms with Crippen LogP contribution in [0.25, 0.3) is 0 Å². The number of aryl methyl sites for hydroxylation is 1. The maximum Gasteiger partial charge on any atom is 0.457 e. The lowest BCUT2D eigenvalue weighted by atomic mass is 10.0. The molecule has 0 fully saturated rings. The Balaban J connectivity index is 1.77. The van der Waals surface area contributed by atoms with E-state index >= 15 is 0 Å². The number of urea groups is 1. The molecule has 1 heterocycles. The van der Waals surface area contributed by atoms with E-state index in [0.717, 1.165) is 18.3 Å². The van der Waals surface area contributed by atoms with Crippen molar-refractivity contribution in [3.63, 3.8) is 0 Å². The van der Waals surface area contributed by atoms with Crippen molar-refractivity contribution in [2.45, 2.75) is 25.1 Å². The molecule has 0 radical (unpaired) electrons. The van der Waals surface area contributed by atoms with E-state index in [4.69, 9.17) is 16.3 Å². The molecule has 35 heavy (non-hydrogen) atoms. The highest BCUT2D eigenvalue weighted by Crippen LogP contribution is 2.46. The number of carbonyl (C=O) groups excluding carboxylic acids is 2. The van der Waals surface area contributed by atoms with Crippen LogP contribution in [-0.2, 0) is 0 Å². The standard InChI is InChI=1S/C23H17ClF5N3O3/c1-13-11-15(31-21(34)32-19(33)16-9-5-6-10-17(16)24)12-30-20(13)35-18(14-7-3-2-4-8-14)22(25,26)23(27,28)29/h2-12,18H,1H3,(H2,31,32,33,34). The van der Waals surface area contributed by atoms with Crippen LogP contribution in [0.2, 0.25) is 5.02 Å². The molecule has 1 aromatic heterocycles. The van der Waals surface area contributed by atoms with E-state index in [2.05, 4.69) is 15.6 Å². The molecule has 0 aliphatic rings. The summed E-state index contributed by atoms with van der Waals surface area (Å²) in [6.45, 7) is 1.34. The van der Waals surface area contributed by atoms with Crippen LogP contribution in [0.3, 0.4) is 0 Å². The molecule has 3 aromatic rings. The number of anilines is 1. The molecule has 1 unspecified atom stereocenters. The van der Waals surface area contributed by atoms with Crippen molar-refractivity contribution in [3.8, 4) is 5.88 Å². The third-order valence-electron chi connectivity index (χ3n) is 4.67. The molecule has 0 saturated heterocycles. The molecule has 0 aliphatic heterocycles. The number of amides is 3. The van der Waals surface area contributed by atoms with Gasteiger partial charge in [0.15, 0.2) is 6.10 Å². The van der Waals surface area contributed by atoms with Gasteiger partial charge < -0.3 is 10.1 Å². The van der Waals surface area contributed by atoms with Crippen molar-refractivity contribution in [1.29, 1.82) is 0 Å². The second-order valence-corrected chi connectivity index (χ2v) is 7.67. The summed E-state index contributed by atoms with van der Waals surface area (Å²) >= 11 is 5.91. The van der Waals surface area contributed by atoms with Gasteiger partial charge in [0.2, 0.25) is 5.88 Å². The predicted molar refractivity (Wildman–Crippen MR) is 118 cm³/mol. The fourth-order valence-corrected chi connectivity index (χ4v) is 3.19. The number of hydrogen-bond acceptors (Lipinski definition) is 4. The van der Waals surface area contributed by atoms with Gasteiger partial charge in [0.25, 0.3) is 5.91 Å². The zero-order chi connectivity index (χ0) is 25.8. The lowest BCUT2D eigenvalue weighted by Gasteiger charge is -2.29. The van der Waals surface area contributed by atoms with Gasteiger partial charge in [0.1, 0.15) is 0 Å². The first-order valence-electron chi connectivity index (χ1n) is 9.90. The summed E-state index contributed by atoms with van der Waals surface area (Å²) in [5, 5.41) is 4.49. The van der Waals surface area contributed by atoms with Crippen LogP contribution < -0.4 is 15.4 Å². The van der Waals surface area contributed by atoms with Gasteiger partial charge in [-0.1, -0.05) is 54.1 Å². The quantitative estimate of drug-likeness (QED) is 0.378. The molecule has 12 heteroatoms. The summed E-state index contributed by atoms with van der Waals surface area (Å²) in [5.41, 5.74) is -0.270. The van der Waals surface area contributed by atoms with Crippen molar-refractivity contribution in [2.24, 2.45) is 0 Å². The average Bonchev–Trinajstić information content (AvgIpc) is 2.78. The average molecular weight is 514 g/mol. The maximum atomic E-state index is 14.3. The van der Waals surface area contributed by atoms with Crippen molar-refractivity contribution >= 4 is 29.2 Å². The molecular weight excluding hydrogens is 497 g/mol. The minimum absolute atomic E-state index is 0.0261. The number of nitrogens with zero attached hydrogens (tertiary/aromatic N) is 1. The number of imide groups is 1. The molecule has 6 nitrogen and oxygen atoms in total. The first kappa shape index (κ1) is 25.9. The third-order valence-corrected chi connectivity index (χ3v) is 5.00. The highest BCUT2D eigenvalue weighted by molar-refractivity contribution is 6.34. The Kier molecular flexibility index (Phi) is 7.59. The smallest absolute Gasteiger partial charge is 0.457 e. The summed E-state index contributed by atoms with van der Waals surface area (Å²) in [5.74, 6) is -6.50. The van der Waals surface area contributed by atoms with Gasteiger partial charge in [-0.2, -0.15) is 22.0 Å². The largest absolute Gasteiger partial charge is 0.462 e. The van der Waals surface area contributed by atoms with E-state index in [9.17, 15) is 31.5 Å². The summed E-state index contributed by atoms with van der Waals surface area (Å²) in [7, 11) is 0. The molecule has 0 spiro atoms. The lowest BCUT2D eigenvalue weighted by Crippen LogP contribution is -2.44. The topological polar surface area (TPSA) is 80.3 Å². The lowest BCUT2D eigenvalue weighted by molar-refractivity contribution is -0.311. The van der Waals surface area contributed by atoms with Gasteiger partial charge >= 0.3 is 18.1 Å². The molecule has 0 aliphatic carbocycles. The normalized spacial score (nSPS) is 12.5. The Labute approximate surface area is 201 Å². The minimum atomic E-state index is -5.88. The van der Waals surface area contributed by atoms with E-state index in [0.29, 0.717) is 0 Å². The molecular formula is C23H17ClF5N3O3. The number of aromatic nitrogens is 1. The fourth-order valence-electron chi connectivity index (χ4n) is 2.97. The predicted octanol–water partition coefficient (Wildman–Crippen LogP) is 6.32. The van der Waals surface area contributed by atoms with Gasteiger partial charge in [-0.15, -0.1) is 0 Å². The van der Waals surface area contributed by atoms with Crippen LogP contribution in [0.4, 0.5) is 32.4 Å². The molecule has 2 N–H and O–H groups in total.